The van der Waals surface area contributed by atoms with Gasteiger partial charge in [0.25, 0.3) is 0 Å². The molecule has 0 amide bonds. The van der Waals surface area contributed by atoms with Gasteiger partial charge < -0.3 is 24.4 Å². The number of methoxy groups -OCH3 is 1. The topological polar surface area (TPSA) is 74.8 Å². The predicted octanol–water partition coefficient (Wildman–Crippen LogP) is 0.0812. The third-order valence-electron chi connectivity index (χ3n) is 4.91. The summed E-state index contributed by atoms with van der Waals surface area (Å²) in [6.07, 6.45) is 1.58. The minimum Gasteiger partial charge on any atom is -0.396 e. The first kappa shape index (κ1) is 12.8. The van der Waals surface area contributed by atoms with Gasteiger partial charge in [-0.3, -0.25) is 0 Å². The van der Waals surface area contributed by atoms with Gasteiger partial charge >= 0.3 is 0 Å². The van der Waals surface area contributed by atoms with Crippen molar-refractivity contribution in [2.75, 3.05) is 20.3 Å². The lowest BCUT2D eigenvalue weighted by molar-refractivity contribution is -0.116. The van der Waals surface area contributed by atoms with Gasteiger partial charge in [-0.1, -0.05) is 0 Å². The molecule has 2 saturated heterocycles. The van der Waals surface area contributed by atoms with Crippen molar-refractivity contribution >= 4 is 0 Å². The van der Waals surface area contributed by atoms with Gasteiger partial charge in [-0.2, -0.15) is 0 Å². The summed E-state index contributed by atoms with van der Waals surface area (Å²) in [6.45, 7) is 2.90. The maximum absolute atomic E-state index is 10.1. The molecule has 18 heavy (non-hydrogen) atoms. The molecule has 5 nitrogen and oxygen atoms in total. The fourth-order valence-corrected chi connectivity index (χ4v) is 3.80. The van der Waals surface area contributed by atoms with Gasteiger partial charge in [0.05, 0.1) is 36.4 Å². The van der Waals surface area contributed by atoms with Gasteiger partial charge in [-0.25, -0.2) is 0 Å². The Morgan fingerprint density at radius 3 is 2.72 bits per heavy atom. The summed E-state index contributed by atoms with van der Waals surface area (Å²) in [5.74, 6) is 0.0512. The van der Waals surface area contributed by atoms with Crippen LogP contribution in [0.3, 0.4) is 0 Å². The van der Waals surface area contributed by atoms with Gasteiger partial charge in [-0.05, 0) is 26.2 Å². The maximum Gasteiger partial charge on any atom is 0.100 e. The van der Waals surface area contributed by atoms with Gasteiger partial charge in [0.2, 0.25) is 0 Å². The summed E-state index contributed by atoms with van der Waals surface area (Å²) in [4.78, 5) is 0. The number of ether oxygens (including phenoxy) is 3. The van der Waals surface area contributed by atoms with E-state index in [0.717, 1.165) is 19.4 Å². The smallest absolute Gasteiger partial charge is 0.100 e. The van der Waals surface area contributed by atoms with Crippen LogP contribution in [0.2, 0.25) is 0 Å². The van der Waals surface area contributed by atoms with Crippen LogP contribution in [0.25, 0.3) is 0 Å². The lowest BCUT2D eigenvalue weighted by Gasteiger charge is -2.41. The van der Waals surface area contributed by atoms with Crippen LogP contribution in [0.15, 0.2) is 0 Å². The van der Waals surface area contributed by atoms with E-state index in [1.54, 1.807) is 7.11 Å². The normalized spacial score (nSPS) is 54.7. The molecule has 1 aliphatic carbocycles. The van der Waals surface area contributed by atoms with Crippen LogP contribution < -0.4 is 0 Å². The van der Waals surface area contributed by atoms with Crippen LogP contribution in [0.4, 0.5) is 0 Å². The van der Waals surface area contributed by atoms with Crippen LogP contribution in [0, 0.1) is 5.92 Å². The summed E-state index contributed by atoms with van der Waals surface area (Å²) < 4.78 is 17.0. The molecular weight excluding hydrogens is 236 g/mol. The zero-order valence-electron chi connectivity index (χ0n) is 11.0. The van der Waals surface area contributed by atoms with Gasteiger partial charge in [-0.15, -0.1) is 0 Å². The summed E-state index contributed by atoms with van der Waals surface area (Å²) >= 11 is 0. The fraction of sp³-hybridized carbons (Fsp3) is 1.00. The molecule has 2 aliphatic heterocycles. The first-order valence-electron chi connectivity index (χ1n) is 6.71. The number of epoxide rings is 2. The summed E-state index contributed by atoms with van der Waals surface area (Å²) in [5.41, 5.74) is -0.500. The van der Waals surface area contributed by atoms with E-state index in [9.17, 15) is 5.11 Å². The molecule has 0 bridgehead atoms. The molecule has 0 aromatic heterocycles. The van der Waals surface area contributed by atoms with Crippen LogP contribution in [-0.2, 0) is 14.2 Å². The van der Waals surface area contributed by atoms with Crippen molar-refractivity contribution in [1.29, 1.82) is 0 Å². The van der Waals surface area contributed by atoms with E-state index < -0.39 is 6.10 Å². The van der Waals surface area contributed by atoms with Crippen molar-refractivity contribution in [2.45, 2.75) is 55.7 Å². The van der Waals surface area contributed by atoms with E-state index in [1.165, 1.54) is 0 Å². The minimum absolute atomic E-state index is 0.0512. The molecule has 3 fully saturated rings. The second kappa shape index (κ2) is 4.15. The Balaban J connectivity index is 1.82. The van der Waals surface area contributed by atoms with Gasteiger partial charge in [0.15, 0.2) is 0 Å². The molecule has 3 rings (SSSR count). The molecule has 0 radical (unpaired) electrons. The third-order valence-corrected chi connectivity index (χ3v) is 4.91. The zero-order valence-corrected chi connectivity index (χ0v) is 11.0. The number of hydrogen-bond acceptors (Lipinski definition) is 5. The fourth-order valence-electron chi connectivity index (χ4n) is 3.80. The molecule has 5 heteroatoms. The first-order valence-corrected chi connectivity index (χ1v) is 6.71. The molecule has 2 heterocycles. The number of aliphatic hydroxyl groups excluding tert-OH is 2. The lowest BCUT2D eigenvalue weighted by Crippen LogP contribution is -2.54. The average Bonchev–Trinajstić information content (AvgIpc) is 3.23. The first-order chi connectivity index (χ1) is 8.57. The third kappa shape index (κ3) is 1.72. The molecule has 1 unspecified atom stereocenters. The van der Waals surface area contributed by atoms with E-state index in [0.29, 0.717) is 6.42 Å². The standard InChI is InChI=1S/C13H22O5/c1-12(9(18-12)4-6-14)11-10(16-2)8(15)3-5-13(11)7-17-13/h8-11,14-15H,3-7H2,1-2H3/t8-,9-,10-,11-,12?,13+/m1/s1. The monoisotopic (exact) mass is 258 g/mol. The molecular formula is C13H22O5. The summed E-state index contributed by atoms with van der Waals surface area (Å²) in [6, 6.07) is 0. The van der Waals surface area contributed by atoms with Crippen molar-refractivity contribution in [3.05, 3.63) is 0 Å². The minimum atomic E-state index is -0.453. The molecule has 1 saturated carbocycles. The summed E-state index contributed by atoms with van der Waals surface area (Å²) in [7, 11) is 1.63. The van der Waals surface area contributed by atoms with Crippen molar-refractivity contribution in [3.63, 3.8) is 0 Å². The molecule has 1 spiro atoms. The Kier molecular flexibility index (Phi) is 2.95. The SMILES string of the molecule is CO[C@@H]1[C@H](O)CC[C@]2(CO2)[C@H]1C1(C)O[C@@H]1CCO. The van der Waals surface area contributed by atoms with E-state index >= 15 is 0 Å². The highest BCUT2D eigenvalue weighted by Gasteiger charge is 2.71. The zero-order chi connectivity index (χ0) is 13.0. The average molecular weight is 258 g/mol. The Bertz CT molecular complexity index is 329. The molecule has 2 N–H and O–H groups in total. The van der Waals surface area contributed by atoms with Crippen LogP contribution in [0.1, 0.15) is 26.2 Å². The predicted molar refractivity (Wildman–Crippen MR) is 63.2 cm³/mol. The maximum atomic E-state index is 10.1. The van der Waals surface area contributed by atoms with E-state index in [1.807, 2.05) is 6.92 Å². The van der Waals surface area contributed by atoms with Crippen molar-refractivity contribution < 1.29 is 24.4 Å². The highest BCUT2D eigenvalue weighted by molar-refractivity contribution is 5.19. The highest BCUT2D eigenvalue weighted by atomic mass is 16.6. The van der Waals surface area contributed by atoms with Gasteiger partial charge in [0.1, 0.15) is 5.60 Å². The Labute approximate surface area is 107 Å². The van der Waals surface area contributed by atoms with Crippen molar-refractivity contribution in [1.82, 2.24) is 0 Å². The van der Waals surface area contributed by atoms with Gasteiger partial charge in [0, 0.05) is 13.7 Å². The lowest BCUT2D eigenvalue weighted by atomic mass is 9.68. The summed E-state index contributed by atoms with van der Waals surface area (Å²) in [5, 5.41) is 19.2. The highest BCUT2D eigenvalue weighted by Crippen LogP contribution is 2.59. The molecule has 3 aliphatic rings. The Morgan fingerprint density at radius 1 is 1.44 bits per heavy atom. The Morgan fingerprint density at radius 2 is 2.17 bits per heavy atom. The van der Waals surface area contributed by atoms with E-state index in [2.05, 4.69) is 0 Å². The van der Waals surface area contributed by atoms with E-state index in [4.69, 9.17) is 19.3 Å². The molecule has 6 atom stereocenters. The number of rotatable bonds is 4. The molecule has 104 valence electrons. The quantitative estimate of drug-likeness (QED) is 0.699. The van der Waals surface area contributed by atoms with Crippen LogP contribution in [0.5, 0.6) is 0 Å². The Hall–Kier alpha value is -0.200. The van der Waals surface area contributed by atoms with Crippen LogP contribution in [-0.4, -0.2) is 60.1 Å². The largest absolute Gasteiger partial charge is 0.396 e. The second-order valence-electron chi connectivity index (χ2n) is 5.94. The van der Waals surface area contributed by atoms with Crippen molar-refractivity contribution in [3.8, 4) is 0 Å². The van der Waals surface area contributed by atoms with Crippen LogP contribution >= 0.6 is 0 Å². The van der Waals surface area contributed by atoms with Crippen molar-refractivity contribution in [2.24, 2.45) is 5.92 Å². The van der Waals surface area contributed by atoms with E-state index in [-0.39, 0.29) is 35.9 Å². The number of hydrogen-bond donors (Lipinski definition) is 2. The number of aliphatic hydroxyl groups is 2. The molecule has 0 aromatic rings. The second-order valence-corrected chi connectivity index (χ2v) is 5.94. The molecule has 0 aromatic carbocycles.